The van der Waals surface area contributed by atoms with Gasteiger partial charge in [0, 0.05) is 5.92 Å². The number of phenols is 1. The van der Waals surface area contributed by atoms with Crippen molar-refractivity contribution in [1.82, 2.24) is 25.0 Å². The zero-order valence-electron chi connectivity index (χ0n) is 14.9. The first-order valence-electron chi connectivity index (χ1n) is 8.61. The van der Waals surface area contributed by atoms with Crippen LogP contribution in [-0.2, 0) is 0 Å². The summed E-state index contributed by atoms with van der Waals surface area (Å²) < 4.78 is 5.71. The standard InChI is InChI=1S/C21H17N5O2/c1-2-20(15-3-7-18(27)8-4-15)16-5-9-19(10-6-16)28-21-22-13-17(14-23-21)26-24-11-12-25-26/h2-14,20,27H,1H2. The maximum Gasteiger partial charge on any atom is 0.322 e. The van der Waals surface area contributed by atoms with Crippen molar-refractivity contribution in [3.05, 3.63) is 97.1 Å². The van der Waals surface area contributed by atoms with Crippen molar-refractivity contribution < 1.29 is 9.84 Å². The number of phenolic OH excluding ortho intramolecular Hbond substituents is 1. The number of nitrogens with zero attached hydrogens (tertiary/aromatic N) is 5. The predicted molar refractivity (Wildman–Crippen MR) is 104 cm³/mol. The zero-order valence-corrected chi connectivity index (χ0v) is 14.9. The van der Waals surface area contributed by atoms with Crippen LogP contribution in [0.25, 0.3) is 5.69 Å². The van der Waals surface area contributed by atoms with Gasteiger partial charge in [-0.15, -0.1) is 11.4 Å². The maximum atomic E-state index is 9.47. The van der Waals surface area contributed by atoms with E-state index in [4.69, 9.17) is 4.74 Å². The molecule has 0 spiro atoms. The molecule has 0 saturated carbocycles. The van der Waals surface area contributed by atoms with Gasteiger partial charge in [0.1, 0.15) is 17.2 Å². The predicted octanol–water partition coefficient (Wildman–Crippen LogP) is 3.87. The normalized spacial score (nSPS) is 11.7. The molecule has 4 rings (SSSR count). The summed E-state index contributed by atoms with van der Waals surface area (Å²) in [6.07, 6.45) is 8.22. The molecule has 1 atom stereocenters. The Morgan fingerprint density at radius 1 is 0.893 bits per heavy atom. The van der Waals surface area contributed by atoms with E-state index < -0.39 is 0 Å². The fourth-order valence-electron chi connectivity index (χ4n) is 2.81. The number of aromatic nitrogens is 5. The van der Waals surface area contributed by atoms with Gasteiger partial charge in [-0.2, -0.15) is 10.2 Å². The lowest BCUT2D eigenvalue weighted by atomic mass is 9.91. The Morgan fingerprint density at radius 2 is 1.46 bits per heavy atom. The first-order chi connectivity index (χ1) is 13.7. The molecule has 0 radical (unpaired) electrons. The lowest BCUT2D eigenvalue weighted by molar-refractivity contribution is 0.441. The second kappa shape index (κ2) is 7.71. The zero-order chi connectivity index (χ0) is 19.3. The number of allylic oxidation sites excluding steroid dienone is 1. The Kier molecular flexibility index (Phi) is 4.79. The Labute approximate surface area is 161 Å². The highest BCUT2D eigenvalue weighted by Gasteiger charge is 2.11. The molecule has 1 N–H and O–H groups in total. The van der Waals surface area contributed by atoms with E-state index in [1.807, 2.05) is 42.5 Å². The summed E-state index contributed by atoms with van der Waals surface area (Å²) in [5, 5.41) is 17.5. The number of benzene rings is 2. The van der Waals surface area contributed by atoms with Gasteiger partial charge in [-0.1, -0.05) is 30.3 Å². The Morgan fingerprint density at radius 3 is 2.04 bits per heavy atom. The maximum absolute atomic E-state index is 9.47. The first-order valence-corrected chi connectivity index (χ1v) is 8.61. The topological polar surface area (TPSA) is 86.0 Å². The fourth-order valence-corrected chi connectivity index (χ4v) is 2.81. The molecule has 0 aliphatic rings. The minimum absolute atomic E-state index is 0.0201. The third kappa shape index (κ3) is 3.73. The van der Waals surface area contributed by atoms with Crippen molar-refractivity contribution in [2.45, 2.75) is 5.92 Å². The van der Waals surface area contributed by atoms with Crippen LogP contribution in [0.3, 0.4) is 0 Å². The Balaban J connectivity index is 1.48. The lowest BCUT2D eigenvalue weighted by Gasteiger charge is -2.14. The first kappa shape index (κ1) is 17.4. The van der Waals surface area contributed by atoms with Crippen LogP contribution in [0.15, 0.2) is 86.0 Å². The van der Waals surface area contributed by atoms with E-state index in [9.17, 15) is 5.11 Å². The highest BCUT2D eigenvalue weighted by molar-refractivity contribution is 5.41. The Hall–Kier alpha value is -4.00. The average Bonchev–Trinajstić information content (AvgIpc) is 3.27. The molecule has 2 heterocycles. The summed E-state index contributed by atoms with van der Waals surface area (Å²) in [5.74, 6) is 0.888. The van der Waals surface area contributed by atoms with Crippen LogP contribution in [0.1, 0.15) is 17.0 Å². The van der Waals surface area contributed by atoms with Gasteiger partial charge in [-0.25, -0.2) is 9.97 Å². The molecule has 0 amide bonds. The molecule has 4 aromatic rings. The molecule has 0 aliphatic carbocycles. The average molecular weight is 371 g/mol. The van der Waals surface area contributed by atoms with Crippen LogP contribution < -0.4 is 4.74 Å². The summed E-state index contributed by atoms with van der Waals surface area (Å²) in [4.78, 5) is 9.80. The van der Waals surface area contributed by atoms with Crippen LogP contribution in [0, 0.1) is 0 Å². The van der Waals surface area contributed by atoms with Crippen molar-refractivity contribution in [3.8, 4) is 23.2 Å². The SMILES string of the molecule is C=CC(c1ccc(O)cc1)c1ccc(Oc2ncc(-n3nccn3)cn2)cc1. The van der Waals surface area contributed by atoms with E-state index >= 15 is 0 Å². The van der Waals surface area contributed by atoms with Crippen LogP contribution in [0.2, 0.25) is 0 Å². The van der Waals surface area contributed by atoms with Crippen LogP contribution >= 0.6 is 0 Å². The van der Waals surface area contributed by atoms with E-state index in [1.165, 1.54) is 4.80 Å². The molecule has 28 heavy (non-hydrogen) atoms. The number of rotatable bonds is 6. The van der Waals surface area contributed by atoms with Gasteiger partial charge < -0.3 is 9.84 Å². The Bertz CT molecular complexity index is 1040. The number of hydrogen-bond acceptors (Lipinski definition) is 6. The summed E-state index contributed by atoms with van der Waals surface area (Å²) in [5.41, 5.74) is 2.76. The minimum atomic E-state index is 0.0201. The van der Waals surface area contributed by atoms with E-state index in [0.717, 1.165) is 11.1 Å². The molecule has 7 nitrogen and oxygen atoms in total. The van der Waals surface area contributed by atoms with E-state index in [0.29, 0.717) is 11.4 Å². The number of ether oxygens (including phenoxy) is 1. The van der Waals surface area contributed by atoms with Gasteiger partial charge in [0.15, 0.2) is 0 Å². The molecule has 0 fully saturated rings. The molecular weight excluding hydrogens is 354 g/mol. The molecule has 0 saturated heterocycles. The van der Waals surface area contributed by atoms with Gasteiger partial charge in [-0.05, 0) is 35.4 Å². The van der Waals surface area contributed by atoms with Crippen molar-refractivity contribution in [2.75, 3.05) is 0 Å². The highest BCUT2D eigenvalue weighted by atomic mass is 16.5. The van der Waals surface area contributed by atoms with Crippen molar-refractivity contribution >= 4 is 0 Å². The lowest BCUT2D eigenvalue weighted by Crippen LogP contribution is -2.01. The van der Waals surface area contributed by atoms with Crippen LogP contribution in [0.5, 0.6) is 17.5 Å². The van der Waals surface area contributed by atoms with Gasteiger partial charge in [0.05, 0.1) is 24.8 Å². The second-order valence-electron chi connectivity index (χ2n) is 6.02. The molecule has 7 heteroatoms. The molecular formula is C21H17N5O2. The summed E-state index contributed by atoms with van der Waals surface area (Å²) in [7, 11) is 0. The van der Waals surface area contributed by atoms with Crippen molar-refractivity contribution in [2.24, 2.45) is 0 Å². The van der Waals surface area contributed by atoms with E-state index in [1.54, 1.807) is 36.9 Å². The molecule has 1 unspecified atom stereocenters. The van der Waals surface area contributed by atoms with Gasteiger partial charge >= 0.3 is 6.01 Å². The largest absolute Gasteiger partial charge is 0.508 e. The van der Waals surface area contributed by atoms with Gasteiger partial charge in [0.2, 0.25) is 0 Å². The molecule has 2 aromatic carbocycles. The summed E-state index contributed by atoms with van der Waals surface area (Å²) in [6.45, 7) is 3.93. The van der Waals surface area contributed by atoms with Gasteiger partial charge in [0.25, 0.3) is 0 Å². The monoisotopic (exact) mass is 371 g/mol. The number of hydrogen-bond donors (Lipinski definition) is 1. The van der Waals surface area contributed by atoms with Crippen LogP contribution in [0.4, 0.5) is 0 Å². The smallest absolute Gasteiger partial charge is 0.322 e. The number of aromatic hydroxyl groups is 1. The summed E-state index contributed by atoms with van der Waals surface area (Å²) in [6, 6.07) is 15.0. The minimum Gasteiger partial charge on any atom is -0.508 e. The molecule has 0 bridgehead atoms. The van der Waals surface area contributed by atoms with Gasteiger partial charge in [-0.3, -0.25) is 0 Å². The summed E-state index contributed by atoms with van der Waals surface area (Å²) >= 11 is 0. The molecule has 138 valence electrons. The van der Waals surface area contributed by atoms with Crippen molar-refractivity contribution in [1.29, 1.82) is 0 Å². The van der Waals surface area contributed by atoms with E-state index in [2.05, 4.69) is 26.7 Å². The molecule has 2 aromatic heterocycles. The quantitative estimate of drug-likeness (QED) is 0.518. The van der Waals surface area contributed by atoms with E-state index in [-0.39, 0.29) is 17.7 Å². The highest BCUT2D eigenvalue weighted by Crippen LogP contribution is 2.29. The van der Waals surface area contributed by atoms with Crippen molar-refractivity contribution in [3.63, 3.8) is 0 Å². The van der Waals surface area contributed by atoms with Crippen LogP contribution in [-0.4, -0.2) is 30.1 Å². The second-order valence-corrected chi connectivity index (χ2v) is 6.02. The third-order valence-corrected chi connectivity index (χ3v) is 4.20. The molecule has 0 aliphatic heterocycles. The third-order valence-electron chi connectivity index (χ3n) is 4.20. The fraction of sp³-hybridized carbons (Fsp3) is 0.0476.